The monoisotopic (exact) mass is 780 g/mol. The second-order valence-electron chi connectivity index (χ2n) is 14.9. The second-order valence-corrected chi connectivity index (χ2v) is 14.9. The van der Waals surface area contributed by atoms with Crippen LogP contribution in [0.3, 0.4) is 0 Å². The van der Waals surface area contributed by atoms with Crippen LogP contribution in [0.1, 0.15) is 44.6 Å². The molecule has 5 aromatic rings. The molecule has 0 unspecified atom stereocenters. The van der Waals surface area contributed by atoms with Gasteiger partial charge in [-0.05, 0) is 79.3 Å². The molecule has 57 heavy (non-hydrogen) atoms. The Hall–Kier alpha value is -5.76. The molecule has 14 heteroatoms. The number of hydrogen-bond donors (Lipinski definition) is 1. The number of nitrogens with one attached hydrogen (secondary N) is 1. The van der Waals surface area contributed by atoms with Gasteiger partial charge < -0.3 is 23.7 Å². The summed E-state index contributed by atoms with van der Waals surface area (Å²) in [4.78, 5) is 60.5. The fraction of sp³-hybridized carbons (Fsp3) is 0.419. The Bertz CT molecular complexity index is 2400. The highest BCUT2D eigenvalue weighted by Gasteiger charge is 2.33. The van der Waals surface area contributed by atoms with Gasteiger partial charge in [-0.2, -0.15) is 0 Å². The van der Waals surface area contributed by atoms with Gasteiger partial charge in [-0.1, -0.05) is 25.5 Å². The van der Waals surface area contributed by atoms with Crippen molar-refractivity contribution in [3.8, 4) is 34.1 Å². The maximum Gasteiger partial charge on any atom is 0.332 e. The van der Waals surface area contributed by atoms with Crippen LogP contribution in [-0.2, 0) is 11.3 Å². The number of ether oxygens (including phenoxy) is 3. The van der Waals surface area contributed by atoms with Gasteiger partial charge >= 0.3 is 5.69 Å². The van der Waals surface area contributed by atoms with E-state index in [9.17, 15) is 19.2 Å². The lowest BCUT2D eigenvalue weighted by Crippen LogP contribution is -2.49. The van der Waals surface area contributed by atoms with Gasteiger partial charge in [0.05, 0.1) is 18.2 Å². The first-order valence-corrected chi connectivity index (χ1v) is 19.6. The minimum absolute atomic E-state index is 0.0641. The number of hydrogen-bond acceptors (Lipinski definition) is 9. The van der Waals surface area contributed by atoms with Gasteiger partial charge in [0.25, 0.3) is 17.0 Å². The van der Waals surface area contributed by atoms with Gasteiger partial charge in [-0.25, -0.2) is 9.18 Å². The lowest BCUT2D eigenvalue weighted by Gasteiger charge is -2.39. The van der Waals surface area contributed by atoms with Crippen LogP contribution < -0.4 is 31.0 Å². The van der Waals surface area contributed by atoms with E-state index >= 15 is 4.39 Å². The van der Waals surface area contributed by atoms with Gasteiger partial charge in [-0.15, -0.1) is 0 Å². The highest BCUT2D eigenvalue weighted by Crippen LogP contribution is 2.37. The van der Waals surface area contributed by atoms with Gasteiger partial charge in [0.15, 0.2) is 18.1 Å². The number of piperidine rings is 2. The molecule has 300 valence electrons. The Balaban J connectivity index is 0.903. The number of likely N-dealkylation sites (tertiary alicyclic amines) is 2. The summed E-state index contributed by atoms with van der Waals surface area (Å²) < 4.78 is 36.6. The SMILES string of the molecule is CCCCn1cc(-c2ccc(O[C@H]3CCN(CC4CCN(C(=O)COc5ccc(C)c(-n6ccc(=O)[nH]c6=O)c5)CC4)C[C@@H]3F)c(OC)c2)c2ccncc2c1=O. The number of pyridine rings is 2. The number of fused-ring (bicyclic) bond motifs is 1. The van der Waals surface area contributed by atoms with E-state index in [-0.39, 0.29) is 24.6 Å². The lowest BCUT2D eigenvalue weighted by molar-refractivity contribution is -0.134. The number of unbranched alkanes of at least 4 members (excludes halogenated alkanes) is 1. The predicted octanol–water partition coefficient (Wildman–Crippen LogP) is 5.13. The summed E-state index contributed by atoms with van der Waals surface area (Å²) in [5, 5.41) is 1.36. The summed E-state index contributed by atoms with van der Waals surface area (Å²) >= 11 is 0. The van der Waals surface area contributed by atoms with Crippen molar-refractivity contribution in [2.24, 2.45) is 5.92 Å². The molecule has 0 bridgehead atoms. The summed E-state index contributed by atoms with van der Waals surface area (Å²) in [6.45, 7) is 7.32. The van der Waals surface area contributed by atoms with Crippen LogP contribution in [0, 0.1) is 12.8 Å². The Morgan fingerprint density at radius 2 is 1.81 bits per heavy atom. The number of aryl methyl sites for hydroxylation is 2. The van der Waals surface area contributed by atoms with Gasteiger partial charge in [0.1, 0.15) is 18.0 Å². The lowest BCUT2D eigenvalue weighted by atomic mass is 9.94. The van der Waals surface area contributed by atoms with Crippen LogP contribution in [0.25, 0.3) is 27.6 Å². The number of aromatic nitrogens is 4. The van der Waals surface area contributed by atoms with Crippen LogP contribution in [0.2, 0.25) is 0 Å². The van der Waals surface area contributed by atoms with Crippen molar-refractivity contribution in [1.82, 2.24) is 28.9 Å². The standard InChI is InChI=1S/C43H49FN6O7/c1-4-5-16-49-25-34(32-10-15-45-23-33(32)42(49)53)30-7-9-38(39(21-30)55-3)57-37-13-17-47(26-35(37)44)24-29-11-18-48(19-12-29)41(52)27-56-31-8-6-28(2)36(22-31)50-20-14-40(51)46-43(50)54/h6-10,14-15,20-23,25,29,35,37H,4-5,11-13,16-19,24,26-27H2,1-3H3,(H,46,51,54)/t35-,37-/m0/s1. The molecule has 1 N–H and O–H groups in total. The molecule has 0 spiro atoms. The van der Waals surface area contributed by atoms with E-state index in [4.69, 9.17) is 14.2 Å². The Morgan fingerprint density at radius 3 is 2.56 bits per heavy atom. The largest absolute Gasteiger partial charge is 0.493 e. The number of alkyl halides is 1. The van der Waals surface area contributed by atoms with Crippen molar-refractivity contribution in [2.45, 2.75) is 64.8 Å². The number of halogens is 1. The number of carbonyl (C=O) groups is 1. The zero-order valence-corrected chi connectivity index (χ0v) is 32.6. The third kappa shape index (κ3) is 8.96. The van der Waals surface area contributed by atoms with Gasteiger partial charge in [0, 0.05) is 81.8 Å². The zero-order valence-electron chi connectivity index (χ0n) is 32.6. The topological polar surface area (TPSA) is 141 Å². The van der Waals surface area contributed by atoms with Gasteiger partial charge in [-0.3, -0.25) is 33.8 Å². The average molecular weight is 781 g/mol. The van der Waals surface area contributed by atoms with E-state index in [1.54, 1.807) is 47.2 Å². The first kappa shape index (κ1) is 39.5. The van der Waals surface area contributed by atoms with Crippen molar-refractivity contribution in [1.29, 1.82) is 0 Å². The van der Waals surface area contributed by atoms with Gasteiger partial charge in [0.2, 0.25) is 0 Å². The minimum atomic E-state index is -1.19. The van der Waals surface area contributed by atoms with Crippen molar-refractivity contribution < 1.29 is 23.4 Å². The molecule has 2 fully saturated rings. The quantitative estimate of drug-likeness (QED) is 0.172. The molecule has 2 atom stereocenters. The fourth-order valence-electron chi connectivity index (χ4n) is 7.82. The van der Waals surface area contributed by atoms with Crippen LogP contribution in [0.15, 0.2) is 87.7 Å². The summed E-state index contributed by atoms with van der Waals surface area (Å²) in [7, 11) is 1.57. The Labute approximate surface area is 329 Å². The minimum Gasteiger partial charge on any atom is -0.493 e. The number of carbonyl (C=O) groups excluding carboxylic acids is 1. The first-order valence-electron chi connectivity index (χ1n) is 19.6. The van der Waals surface area contributed by atoms with Crippen molar-refractivity contribution >= 4 is 16.7 Å². The molecule has 7 rings (SSSR count). The van der Waals surface area contributed by atoms with E-state index in [1.165, 1.54) is 16.8 Å². The summed E-state index contributed by atoms with van der Waals surface area (Å²) in [5.41, 5.74) is 1.99. The van der Waals surface area contributed by atoms with E-state index in [1.807, 2.05) is 37.4 Å². The summed E-state index contributed by atoms with van der Waals surface area (Å²) in [5.74, 6) is 1.62. The molecule has 2 aliphatic heterocycles. The molecule has 2 aromatic carbocycles. The van der Waals surface area contributed by atoms with E-state index in [2.05, 4.69) is 21.8 Å². The highest BCUT2D eigenvalue weighted by molar-refractivity contribution is 5.95. The summed E-state index contributed by atoms with van der Waals surface area (Å²) in [6, 6.07) is 14.0. The van der Waals surface area contributed by atoms with E-state index in [0.29, 0.717) is 66.8 Å². The average Bonchev–Trinajstić information content (AvgIpc) is 3.22. The number of rotatable bonds is 13. The Morgan fingerprint density at radius 1 is 0.982 bits per heavy atom. The normalized spacial score (nSPS) is 17.8. The molecule has 2 saturated heterocycles. The molecule has 0 radical (unpaired) electrons. The van der Waals surface area contributed by atoms with E-state index in [0.717, 1.165) is 54.3 Å². The molecule has 1 amide bonds. The molecule has 13 nitrogen and oxygen atoms in total. The van der Waals surface area contributed by atoms with Crippen LogP contribution in [0.4, 0.5) is 4.39 Å². The van der Waals surface area contributed by atoms with Crippen molar-refractivity contribution in [3.05, 3.63) is 110 Å². The smallest absolute Gasteiger partial charge is 0.332 e. The molecule has 2 aliphatic rings. The third-order valence-corrected chi connectivity index (χ3v) is 11.1. The zero-order chi connectivity index (χ0) is 40.1. The van der Waals surface area contributed by atoms with Crippen molar-refractivity contribution in [3.63, 3.8) is 0 Å². The number of H-pyrrole nitrogens is 1. The second kappa shape index (κ2) is 17.6. The highest BCUT2D eigenvalue weighted by atomic mass is 19.1. The number of aromatic amines is 1. The van der Waals surface area contributed by atoms with Crippen LogP contribution in [-0.4, -0.2) is 93.5 Å². The maximum absolute atomic E-state index is 15.7. The molecule has 0 saturated carbocycles. The number of amides is 1. The van der Waals surface area contributed by atoms with Crippen LogP contribution >= 0.6 is 0 Å². The first-order chi connectivity index (χ1) is 27.6. The molecular weight excluding hydrogens is 732 g/mol. The number of methoxy groups -OCH3 is 1. The number of benzene rings is 2. The molecule has 0 aliphatic carbocycles. The third-order valence-electron chi connectivity index (χ3n) is 11.1. The Kier molecular flexibility index (Phi) is 12.2. The fourth-order valence-corrected chi connectivity index (χ4v) is 7.82. The molecule has 5 heterocycles. The maximum atomic E-state index is 15.7. The number of nitrogens with zero attached hydrogens (tertiary/aromatic N) is 5. The molecule has 3 aromatic heterocycles. The predicted molar refractivity (Wildman–Crippen MR) is 215 cm³/mol. The van der Waals surface area contributed by atoms with Crippen LogP contribution in [0.5, 0.6) is 17.2 Å². The molecular formula is C43H49FN6O7. The van der Waals surface area contributed by atoms with Crippen molar-refractivity contribution in [2.75, 3.05) is 46.4 Å². The van der Waals surface area contributed by atoms with E-state index < -0.39 is 23.5 Å². The summed E-state index contributed by atoms with van der Waals surface area (Å²) in [6.07, 6.45) is 8.79.